The van der Waals surface area contributed by atoms with Gasteiger partial charge in [-0.2, -0.15) is 0 Å². The van der Waals surface area contributed by atoms with E-state index in [9.17, 15) is 0 Å². The molecule has 1 heterocycles. The van der Waals surface area contributed by atoms with Gasteiger partial charge in [-0.3, -0.25) is 4.99 Å². The Labute approximate surface area is 147 Å². The summed E-state index contributed by atoms with van der Waals surface area (Å²) in [4.78, 5) is 4.75. The number of aliphatic imine (C=N–C) groups is 1. The number of allylic oxidation sites excluding steroid dienone is 8. The maximum Gasteiger partial charge on any atom is 0.0620 e. The molecule has 0 amide bonds. The molecule has 0 radical (unpaired) electrons. The van der Waals surface area contributed by atoms with Crippen LogP contribution >= 0.6 is 0 Å². The highest BCUT2D eigenvalue weighted by Crippen LogP contribution is 2.32. The molecule has 2 heteroatoms. The average molecular weight is 325 g/mol. The molecule has 1 aliphatic carbocycles. The summed E-state index contributed by atoms with van der Waals surface area (Å²) in [5.41, 5.74) is 6.98. The Bertz CT molecular complexity index is 585. The largest absolute Gasteiger partial charge is 0.320 e. The summed E-state index contributed by atoms with van der Waals surface area (Å²) in [6.07, 6.45) is 20.3. The van der Waals surface area contributed by atoms with Crippen molar-refractivity contribution in [1.82, 2.24) is 5.32 Å². The zero-order valence-electron chi connectivity index (χ0n) is 15.4. The van der Waals surface area contributed by atoms with Gasteiger partial charge in [-0.1, -0.05) is 36.5 Å². The van der Waals surface area contributed by atoms with Gasteiger partial charge in [0.25, 0.3) is 0 Å². The van der Waals surface area contributed by atoms with Gasteiger partial charge in [0.05, 0.1) is 5.70 Å². The molecule has 0 fully saturated rings. The molecule has 24 heavy (non-hydrogen) atoms. The summed E-state index contributed by atoms with van der Waals surface area (Å²) in [5, 5.41) is 3.21. The van der Waals surface area contributed by atoms with Crippen molar-refractivity contribution in [1.29, 1.82) is 0 Å². The lowest BCUT2D eigenvalue weighted by Gasteiger charge is -2.21. The normalized spacial score (nSPS) is 18.5. The molecule has 0 saturated carbocycles. The van der Waals surface area contributed by atoms with E-state index in [0.717, 1.165) is 25.8 Å². The van der Waals surface area contributed by atoms with Crippen LogP contribution in [0.2, 0.25) is 0 Å². The summed E-state index contributed by atoms with van der Waals surface area (Å²) in [6, 6.07) is 0. The summed E-state index contributed by atoms with van der Waals surface area (Å²) in [7, 11) is 2.01. The maximum atomic E-state index is 4.75. The number of nitrogens with zero attached hydrogens (tertiary/aromatic N) is 1. The lowest BCUT2D eigenvalue weighted by atomic mass is 9.89. The molecule has 1 N–H and O–H groups in total. The topological polar surface area (TPSA) is 24.4 Å². The van der Waals surface area contributed by atoms with Gasteiger partial charge in [0.1, 0.15) is 0 Å². The highest BCUT2D eigenvalue weighted by atomic mass is 14.8. The van der Waals surface area contributed by atoms with Crippen molar-refractivity contribution in [2.75, 3.05) is 13.6 Å². The Kier molecular flexibility index (Phi) is 7.97. The summed E-state index contributed by atoms with van der Waals surface area (Å²) in [6.45, 7) is 7.08. The van der Waals surface area contributed by atoms with Gasteiger partial charge in [-0.15, -0.1) is 0 Å². The van der Waals surface area contributed by atoms with E-state index in [1.165, 1.54) is 54.7 Å². The molecular weight excluding hydrogens is 292 g/mol. The first-order valence-corrected chi connectivity index (χ1v) is 9.31. The standard InChI is InChI=1S/C22H32N2/c1-4-8-19(9-5-6-16-23-3)10-7-11-20-13-15-21-14-12-18(2)24-22(21)17-20/h4,7-8,10,17,23H,1,5-6,9,11-16H2,2-3H3/b10-7-,19-8-. The molecule has 0 aromatic rings. The lowest BCUT2D eigenvalue weighted by Crippen LogP contribution is -2.07. The monoisotopic (exact) mass is 324 g/mol. The van der Waals surface area contributed by atoms with Crippen LogP contribution in [0.4, 0.5) is 0 Å². The first-order chi connectivity index (χ1) is 11.7. The Morgan fingerprint density at radius 1 is 1.25 bits per heavy atom. The van der Waals surface area contributed by atoms with Crippen molar-refractivity contribution < 1.29 is 0 Å². The van der Waals surface area contributed by atoms with Crippen molar-refractivity contribution in [3.63, 3.8) is 0 Å². The maximum absolute atomic E-state index is 4.75. The van der Waals surface area contributed by atoms with E-state index in [1.54, 1.807) is 5.57 Å². The van der Waals surface area contributed by atoms with E-state index in [2.05, 4.69) is 43.1 Å². The molecule has 0 saturated heterocycles. The predicted molar refractivity (Wildman–Crippen MR) is 107 cm³/mol. The average Bonchev–Trinajstić information content (AvgIpc) is 2.58. The zero-order chi connectivity index (χ0) is 17.2. The van der Waals surface area contributed by atoms with E-state index in [-0.39, 0.29) is 0 Å². The van der Waals surface area contributed by atoms with Crippen LogP contribution in [-0.2, 0) is 0 Å². The Balaban J connectivity index is 1.89. The molecule has 0 unspecified atom stereocenters. The zero-order valence-corrected chi connectivity index (χ0v) is 15.4. The van der Waals surface area contributed by atoms with Gasteiger partial charge in [0.15, 0.2) is 0 Å². The second-order valence-corrected chi connectivity index (χ2v) is 6.78. The SMILES string of the molecule is C=C/C=C(\C=C/CC1=CC2=C(CC1)CCC(C)=N2)CCCCNC. The number of hydrogen-bond acceptors (Lipinski definition) is 2. The minimum Gasteiger partial charge on any atom is -0.320 e. The van der Waals surface area contributed by atoms with E-state index in [0.29, 0.717) is 0 Å². The molecule has 0 aromatic carbocycles. The molecule has 0 aromatic heterocycles. The van der Waals surface area contributed by atoms with E-state index >= 15 is 0 Å². The van der Waals surface area contributed by atoms with Gasteiger partial charge >= 0.3 is 0 Å². The van der Waals surface area contributed by atoms with Crippen LogP contribution in [0.5, 0.6) is 0 Å². The molecule has 130 valence electrons. The van der Waals surface area contributed by atoms with E-state index in [4.69, 9.17) is 4.99 Å². The van der Waals surface area contributed by atoms with Gasteiger partial charge in [-0.05, 0) is 89.1 Å². The first kappa shape index (κ1) is 18.7. The Morgan fingerprint density at radius 2 is 2.08 bits per heavy atom. The van der Waals surface area contributed by atoms with Crippen LogP contribution in [0.15, 0.2) is 64.4 Å². The van der Waals surface area contributed by atoms with Gasteiger partial charge < -0.3 is 5.32 Å². The number of unbranched alkanes of at least 4 members (excludes halogenated alkanes) is 1. The summed E-state index contributed by atoms with van der Waals surface area (Å²) >= 11 is 0. The van der Waals surface area contributed by atoms with Crippen LogP contribution in [0.1, 0.15) is 58.3 Å². The fourth-order valence-corrected chi connectivity index (χ4v) is 3.29. The Morgan fingerprint density at radius 3 is 2.88 bits per heavy atom. The fraction of sp³-hybridized carbons (Fsp3) is 0.500. The first-order valence-electron chi connectivity index (χ1n) is 9.31. The molecule has 0 bridgehead atoms. The van der Waals surface area contributed by atoms with Crippen molar-refractivity contribution >= 4 is 5.71 Å². The number of rotatable bonds is 9. The van der Waals surface area contributed by atoms with Crippen LogP contribution in [0, 0.1) is 0 Å². The fourth-order valence-electron chi connectivity index (χ4n) is 3.29. The van der Waals surface area contributed by atoms with Crippen molar-refractivity contribution in [3.8, 4) is 0 Å². The third-order valence-corrected chi connectivity index (χ3v) is 4.74. The molecule has 0 spiro atoms. The molecule has 1 aliphatic heterocycles. The minimum atomic E-state index is 1.04. The van der Waals surface area contributed by atoms with Crippen LogP contribution in [-0.4, -0.2) is 19.3 Å². The quantitative estimate of drug-likeness (QED) is 0.429. The summed E-state index contributed by atoms with van der Waals surface area (Å²) in [5.74, 6) is 0. The second kappa shape index (κ2) is 10.2. The molecule has 2 aliphatic rings. The lowest BCUT2D eigenvalue weighted by molar-refractivity contribution is 0.678. The van der Waals surface area contributed by atoms with Crippen molar-refractivity contribution in [2.45, 2.75) is 58.3 Å². The van der Waals surface area contributed by atoms with Crippen molar-refractivity contribution in [3.05, 3.63) is 59.4 Å². The second-order valence-electron chi connectivity index (χ2n) is 6.78. The predicted octanol–water partition coefficient (Wildman–Crippen LogP) is 5.66. The minimum absolute atomic E-state index is 1.04. The summed E-state index contributed by atoms with van der Waals surface area (Å²) < 4.78 is 0. The molecular formula is C22H32N2. The van der Waals surface area contributed by atoms with Crippen molar-refractivity contribution in [2.24, 2.45) is 4.99 Å². The highest BCUT2D eigenvalue weighted by Gasteiger charge is 2.16. The highest BCUT2D eigenvalue weighted by molar-refractivity contribution is 5.84. The van der Waals surface area contributed by atoms with Crippen LogP contribution in [0.25, 0.3) is 0 Å². The molecule has 0 atom stereocenters. The van der Waals surface area contributed by atoms with E-state index in [1.807, 2.05) is 13.1 Å². The smallest absolute Gasteiger partial charge is 0.0620 e. The number of nitrogens with one attached hydrogen (secondary N) is 1. The third-order valence-electron chi connectivity index (χ3n) is 4.74. The molecule has 2 rings (SSSR count). The van der Waals surface area contributed by atoms with Crippen LogP contribution in [0.3, 0.4) is 0 Å². The third kappa shape index (κ3) is 6.09. The number of hydrogen-bond donors (Lipinski definition) is 1. The van der Waals surface area contributed by atoms with Gasteiger partial charge in [-0.25, -0.2) is 0 Å². The molecule has 2 nitrogen and oxygen atoms in total. The van der Waals surface area contributed by atoms with Gasteiger partial charge in [0.2, 0.25) is 0 Å². The van der Waals surface area contributed by atoms with Gasteiger partial charge in [0, 0.05) is 5.71 Å². The van der Waals surface area contributed by atoms with Crippen LogP contribution < -0.4 is 5.32 Å². The van der Waals surface area contributed by atoms with E-state index < -0.39 is 0 Å². The Hall–Kier alpha value is -1.67.